The van der Waals surface area contributed by atoms with Crippen LogP contribution in [0.1, 0.15) is 5.56 Å². The molecule has 0 aromatic carbocycles. The zero-order valence-corrected chi connectivity index (χ0v) is 10.2. The average Bonchev–Trinajstić information content (AvgIpc) is 2.45. The van der Waals surface area contributed by atoms with Gasteiger partial charge in [0.05, 0.1) is 19.2 Å². The summed E-state index contributed by atoms with van der Waals surface area (Å²) in [5.74, 6) is -0.231. The Hall–Kier alpha value is -2.39. The minimum absolute atomic E-state index is 0.429. The van der Waals surface area contributed by atoms with Gasteiger partial charge in [0.15, 0.2) is 6.10 Å². The number of carbonyl (C=O) groups is 1. The maximum absolute atomic E-state index is 10.4. The molecule has 1 saturated heterocycles. The van der Waals surface area contributed by atoms with Crippen LogP contribution in [0.25, 0.3) is 6.08 Å². The topological polar surface area (TPSA) is 86.5 Å². The number of pyridine rings is 1. The molecule has 0 bridgehead atoms. The minimum atomic E-state index is -0.992. The Bertz CT molecular complexity index is 519. The highest BCUT2D eigenvalue weighted by molar-refractivity contribution is 5.85. The molecule has 0 amide bonds. The molecule has 6 heteroatoms. The number of nitrogens with zero attached hydrogens (tertiary/aromatic N) is 3. The molecule has 0 radical (unpaired) electrons. The van der Waals surface area contributed by atoms with Crippen molar-refractivity contribution in [2.45, 2.75) is 6.10 Å². The van der Waals surface area contributed by atoms with Crippen LogP contribution >= 0.6 is 0 Å². The van der Waals surface area contributed by atoms with Gasteiger partial charge in [-0.2, -0.15) is 5.26 Å². The summed E-state index contributed by atoms with van der Waals surface area (Å²) < 4.78 is 5.26. The molecule has 2 rings (SSSR count). The second kappa shape index (κ2) is 5.98. The summed E-state index contributed by atoms with van der Waals surface area (Å²) in [5, 5.41) is 17.4. The molecule has 0 aliphatic carbocycles. The largest absolute Gasteiger partial charge is 0.478 e. The predicted molar refractivity (Wildman–Crippen MR) is 68.5 cm³/mol. The first-order valence-corrected chi connectivity index (χ1v) is 5.82. The zero-order valence-electron chi connectivity index (χ0n) is 10.2. The number of aromatic nitrogens is 1. The molecule has 1 aliphatic rings. The van der Waals surface area contributed by atoms with E-state index < -0.39 is 12.1 Å². The summed E-state index contributed by atoms with van der Waals surface area (Å²) in [6.07, 6.45) is 3.72. The van der Waals surface area contributed by atoms with Crippen molar-refractivity contribution in [3.63, 3.8) is 0 Å². The first kappa shape index (κ1) is 13.1. The Morgan fingerprint density at radius 2 is 2.47 bits per heavy atom. The molecule has 1 aromatic heterocycles. The first-order chi connectivity index (χ1) is 9.19. The van der Waals surface area contributed by atoms with Crippen LogP contribution in [0.4, 0.5) is 5.82 Å². The van der Waals surface area contributed by atoms with Crippen molar-refractivity contribution < 1.29 is 14.6 Å². The van der Waals surface area contributed by atoms with Crippen LogP contribution in [-0.4, -0.2) is 41.9 Å². The maximum Gasteiger partial charge on any atom is 0.328 e. The van der Waals surface area contributed by atoms with E-state index in [1.165, 1.54) is 6.08 Å². The molecular formula is C13H13N3O3. The number of carboxylic acid groups (broad SMARTS) is 1. The first-order valence-electron chi connectivity index (χ1n) is 5.82. The van der Waals surface area contributed by atoms with Crippen molar-refractivity contribution in [2.24, 2.45) is 0 Å². The van der Waals surface area contributed by atoms with E-state index in [0.717, 1.165) is 17.5 Å². The Morgan fingerprint density at radius 3 is 3.11 bits per heavy atom. The summed E-state index contributed by atoms with van der Waals surface area (Å²) in [7, 11) is 0. The van der Waals surface area contributed by atoms with Crippen molar-refractivity contribution in [1.29, 1.82) is 5.26 Å². The number of ether oxygens (including phenoxy) is 1. The molecule has 1 fully saturated rings. The maximum atomic E-state index is 10.4. The molecular weight excluding hydrogens is 246 g/mol. The fourth-order valence-electron chi connectivity index (χ4n) is 1.79. The van der Waals surface area contributed by atoms with Gasteiger partial charge in [-0.3, -0.25) is 0 Å². The molecule has 19 heavy (non-hydrogen) atoms. The predicted octanol–water partition coefficient (Wildman–Crippen LogP) is 0.908. The Kier molecular flexibility index (Phi) is 4.11. The summed E-state index contributed by atoms with van der Waals surface area (Å²) in [6.45, 7) is 1.68. The van der Waals surface area contributed by atoms with E-state index in [4.69, 9.17) is 15.1 Å². The molecule has 98 valence electrons. The normalized spacial score (nSPS) is 19.3. The zero-order chi connectivity index (χ0) is 13.7. The Morgan fingerprint density at radius 1 is 1.63 bits per heavy atom. The second-order valence-electron chi connectivity index (χ2n) is 4.06. The van der Waals surface area contributed by atoms with Gasteiger partial charge in [-0.25, -0.2) is 9.78 Å². The average molecular weight is 259 g/mol. The van der Waals surface area contributed by atoms with Crippen molar-refractivity contribution in [1.82, 2.24) is 4.98 Å². The van der Waals surface area contributed by atoms with Crippen molar-refractivity contribution in [3.05, 3.63) is 30.0 Å². The number of aliphatic carboxylic acids is 1. The van der Waals surface area contributed by atoms with E-state index in [2.05, 4.69) is 11.1 Å². The van der Waals surface area contributed by atoms with Crippen LogP contribution < -0.4 is 4.90 Å². The molecule has 0 saturated carbocycles. The lowest BCUT2D eigenvalue weighted by Gasteiger charge is -2.30. The molecule has 2 heterocycles. The third kappa shape index (κ3) is 3.53. The molecule has 1 aromatic rings. The number of hydrogen-bond donors (Lipinski definition) is 1. The number of morpholine rings is 1. The van der Waals surface area contributed by atoms with Gasteiger partial charge in [-0.05, 0) is 23.8 Å². The monoisotopic (exact) mass is 259 g/mol. The molecule has 1 unspecified atom stereocenters. The van der Waals surface area contributed by atoms with E-state index in [-0.39, 0.29) is 0 Å². The van der Waals surface area contributed by atoms with Crippen LogP contribution in [0.15, 0.2) is 24.4 Å². The second-order valence-corrected chi connectivity index (χ2v) is 4.06. The number of hydrogen-bond acceptors (Lipinski definition) is 5. The fraction of sp³-hybridized carbons (Fsp3) is 0.308. The van der Waals surface area contributed by atoms with E-state index in [9.17, 15) is 4.79 Å². The van der Waals surface area contributed by atoms with Gasteiger partial charge in [0.25, 0.3) is 0 Å². The van der Waals surface area contributed by atoms with Crippen LogP contribution in [0.3, 0.4) is 0 Å². The highest BCUT2D eigenvalue weighted by Crippen LogP contribution is 2.15. The summed E-state index contributed by atoms with van der Waals surface area (Å²) in [6, 6.07) is 5.68. The van der Waals surface area contributed by atoms with E-state index >= 15 is 0 Å². The Labute approximate surface area is 110 Å². The molecule has 1 N–H and O–H groups in total. The van der Waals surface area contributed by atoms with Gasteiger partial charge in [-0.1, -0.05) is 0 Å². The lowest BCUT2D eigenvalue weighted by molar-refractivity contribution is -0.131. The minimum Gasteiger partial charge on any atom is -0.478 e. The number of anilines is 1. The van der Waals surface area contributed by atoms with Gasteiger partial charge in [0, 0.05) is 18.8 Å². The van der Waals surface area contributed by atoms with Gasteiger partial charge < -0.3 is 14.7 Å². The molecule has 0 spiro atoms. The standard InChI is InChI=1S/C13H13N3O3/c14-7-11-9-16(5-6-19-11)12-3-1-10(8-15-12)2-4-13(17)18/h1-4,8,11H,5-6,9H2,(H,17,18)/b4-2+. The number of carboxylic acids is 1. The molecule has 6 nitrogen and oxygen atoms in total. The summed E-state index contributed by atoms with van der Waals surface area (Å²) in [4.78, 5) is 16.6. The lowest BCUT2D eigenvalue weighted by Crippen LogP contribution is -2.42. The van der Waals surface area contributed by atoms with Crippen LogP contribution in [0.2, 0.25) is 0 Å². The van der Waals surface area contributed by atoms with Crippen LogP contribution in [0, 0.1) is 11.3 Å². The third-order valence-electron chi connectivity index (χ3n) is 2.72. The Balaban J connectivity index is 2.06. The molecule has 1 atom stereocenters. The third-order valence-corrected chi connectivity index (χ3v) is 2.72. The highest BCUT2D eigenvalue weighted by atomic mass is 16.5. The highest BCUT2D eigenvalue weighted by Gasteiger charge is 2.20. The SMILES string of the molecule is N#CC1CN(c2ccc(/C=C/C(=O)O)cn2)CCO1. The van der Waals surface area contributed by atoms with E-state index in [1.54, 1.807) is 18.3 Å². The molecule has 1 aliphatic heterocycles. The fourth-order valence-corrected chi connectivity index (χ4v) is 1.79. The van der Waals surface area contributed by atoms with Gasteiger partial charge in [-0.15, -0.1) is 0 Å². The van der Waals surface area contributed by atoms with Crippen LogP contribution in [0.5, 0.6) is 0 Å². The summed E-state index contributed by atoms with van der Waals surface area (Å²) in [5.41, 5.74) is 0.719. The number of nitriles is 1. The quantitative estimate of drug-likeness (QED) is 0.812. The van der Waals surface area contributed by atoms with Gasteiger partial charge >= 0.3 is 5.97 Å². The van der Waals surface area contributed by atoms with Crippen molar-refractivity contribution >= 4 is 17.9 Å². The smallest absolute Gasteiger partial charge is 0.328 e. The van der Waals surface area contributed by atoms with Crippen molar-refractivity contribution in [2.75, 3.05) is 24.6 Å². The summed E-state index contributed by atoms with van der Waals surface area (Å²) >= 11 is 0. The van der Waals surface area contributed by atoms with E-state index in [1.807, 2.05) is 4.90 Å². The van der Waals surface area contributed by atoms with Crippen molar-refractivity contribution in [3.8, 4) is 6.07 Å². The van der Waals surface area contributed by atoms with Crippen LogP contribution in [-0.2, 0) is 9.53 Å². The van der Waals surface area contributed by atoms with Gasteiger partial charge in [0.2, 0.25) is 0 Å². The lowest BCUT2D eigenvalue weighted by atomic mass is 10.2. The van der Waals surface area contributed by atoms with E-state index in [0.29, 0.717) is 19.7 Å². The number of rotatable bonds is 3. The van der Waals surface area contributed by atoms with Gasteiger partial charge in [0.1, 0.15) is 5.82 Å².